The van der Waals surface area contributed by atoms with E-state index >= 15 is 0 Å². The highest BCUT2D eigenvalue weighted by molar-refractivity contribution is 5.48. The summed E-state index contributed by atoms with van der Waals surface area (Å²) < 4.78 is 18.4. The molecule has 1 aromatic heterocycles. The molecule has 0 aliphatic heterocycles. The van der Waals surface area contributed by atoms with Crippen molar-refractivity contribution in [2.24, 2.45) is 5.84 Å². The van der Waals surface area contributed by atoms with Crippen LogP contribution in [-0.2, 0) is 0 Å². The molecule has 8 nitrogen and oxygen atoms in total. The fourth-order valence-electron chi connectivity index (χ4n) is 1.42. The second kappa shape index (κ2) is 5.45. The molecule has 1 aromatic carbocycles. The molecule has 9 heteroatoms. The molecule has 0 saturated carbocycles. The van der Waals surface area contributed by atoms with Crippen molar-refractivity contribution >= 4 is 11.6 Å². The van der Waals surface area contributed by atoms with Crippen LogP contribution >= 0.6 is 0 Å². The minimum Gasteiger partial charge on any atom is -0.431 e. The summed E-state index contributed by atoms with van der Waals surface area (Å²) in [7, 11) is 0. The number of nitrogens with two attached hydrogens (primary N) is 1. The number of nitrogens with zero attached hydrogens (tertiary/aromatic N) is 3. The smallest absolute Gasteiger partial charge is 0.314 e. The fraction of sp³-hybridized carbons (Fsp3) is 0.0909. The maximum absolute atomic E-state index is 13.0. The zero-order chi connectivity index (χ0) is 14.7. The predicted molar refractivity (Wildman–Crippen MR) is 67.7 cm³/mol. The van der Waals surface area contributed by atoms with E-state index in [1.54, 1.807) is 6.92 Å². The topological polar surface area (TPSA) is 116 Å². The Morgan fingerprint density at radius 2 is 2.25 bits per heavy atom. The molecule has 0 atom stereocenters. The first-order valence-electron chi connectivity index (χ1n) is 5.43. The Bertz CT molecular complexity index is 665. The van der Waals surface area contributed by atoms with E-state index in [2.05, 4.69) is 15.4 Å². The highest BCUT2D eigenvalue weighted by atomic mass is 19.1. The van der Waals surface area contributed by atoms with E-state index in [-0.39, 0.29) is 17.6 Å². The van der Waals surface area contributed by atoms with Gasteiger partial charge in [-0.1, -0.05) is 0 Å². The van der Waals surface area contributed by atoms with Crippen LogP contribution in [0.2, 0.25) is 0 Å². The molecule has 0 bridgehead atoms. The average molecular weight is 279 g/mol. The number of anilines is 1. The van der Waals surface area contributed by atoms with Crippen molar-refractivity contribution in [3.63, 3.8) is 0 Å². The van der Waals surface area contributed by atoms with Gasteiger partial charge in [-0.05, 0) is 19.1 Å². The molecule has 0 amide bonds. The van der Waals surface area contributed by atoms with E-state index in [0.717, 1.165) is 18.2 Å². The Morgan fingerprint density at radius 3 is 2.90 bits per heavy atom. The number of nitro benzene ring substituents is 1. The first kappa shape index (κ1) is 13.6. The summed E-state index contributed by atoms with van der Waals surface area (Å²) in [6, 6.07) is 2.99. The highest BCUT2D eigenvalue weighted by Gasteiger charge is 2.18. The number of halogens is 1. The molecule has 3 N–H and O–H groups in total. The summed E-state index contributed by atoms with van der Waals surface area (Å²) >= 11 is 0. The minimum atomic E-state index is -0.739. The van der Waals surface area contributed by atoms with Crippen LogP contribution in [0.4, 0.5) is 16.0 Å². The summed E-state index contributed by atoms with van der Waals surface area (Å²) in [5.41, 5.74) is 2.28. The number of nitrogen functional groups attached to an aromatic ring is 1. The van der Waals surface area contributed by atoms with Gasteiger partial charge in [-0.3, -0.25) is 15.5 Å². The van der Waals surface area contributed by atoms with Crippen LogP contribution in [0.15, 0.2) is 24.4 Å². The summed E-state index contributed by atoms with van der Waals surface area (Å²) in [5, 5.41) is 10.9. The molecule has 0 fully saturated rings. The first-order chi connectivity index (χ1) is 9.51. The number of aromatic nitrogens is 2. The second-order valence-electron chi connectivity index (χ2n) is 3.80. The fourth-order valence-corrected chi connectivity index (χ4v) is 1.42. The van der Waals surface area contributed by atoms with Crippen molar-refractivity contribution in [3.05, 3.63) is 45.9 Å². The van der Waals surface area contributed by atoms with Crippen molar-refractivity contribution in [3.8, 4) is 11.6 Å². The van der Waals surface area contributed by atoms with Crippen molar-refractivity contribution in [2.75, 3.05) is 5.43 Å². The molecule has 0 aliphatic rings. The Morgan fingerprint density at radius 1 is 1.50 bits per heavy atom. The lowest BCUT2D eigenvalue weighted by Gasteiger charge is -2.08. The monoisotopic (exact) mass is 279 g/mol. The van der Waals surface area contributed by atoms with Gasteiger partial charge < -0.3 is 4.74 Å². The zero-order valence-electron chi connectivity index (χ0n) is 10.3. The van der Waals surface area contributed by atoms with Gasteiger partial charge in [-0.2, -0.15) is 4.98 Å². The molecule has 104 valence electrons. The van der Waals surface area contributed by atoms with Crippen molar-refractivity contribution in [1.29, 1.82) is 0 Å². The number of ether oxygens (including phenoxy) is 1. The molecule has 0 radical (unpaired) electrons. The predicted octanol–water partition coefficient (Wildman–Crippen LogP) is 1.91. The molecule has 0 spiro atoms. The standard InChI is InChI=1S/C11H10FN5O3/c1-6-5-14-11(16-13)15-10(6)20-9-3-2-7(12)4-8(9)17(18)19/h2-5H,13H2,1H3,(H,14,15,16). The van der Waals surface area contributed by atoms with Crippen molar-refractivity contribution in [2.45, 2.75) is 6.92 Å². The van der Waals surface area contributed by atoms with Gasteiger partial charge in [0.15, 0.2) is 0 Å². The van der Waals surface area contributed by atoms with E-state index < -0.39 is 16.4 Å². The maximum Gasteiger partial charge on any atom is 0.314 e. The summed E-state index contributed by atoms with van der Waals surface area (Å²) in [6.07, 6.45) is 1.44. The van der Waals surface area contributed by atoms with E-state index in [4.69, 9.17) is 10.6 Å². The van der Waals surface area contributed by atoms with E-state index in [9.17, 15) is 14.5 Å². The van der Waals surface area contributed by atoms with Crippen LogP contribution in [0.1, 0.15) is 5.56 Å². The van der Waals surface area contributed by atoms with Crippen LogP contribution in [0.5, 0.6) is 11.6 Å². The Hall–Kier alpha value is -2.81. The molecule has 0 unspecified atom stereocenters. The molecular weight excluding hydrogens is 269 g/mol. The number of hydrogen-bond acceptors (Lipinski definition) is 7. The van der Waals surface area contributed by atoms with Crippen LogP contribution in [-0.4, -0.2) is 14.9 Å². The third kappa shape index (κ3) is 2.78. The second-order valence-corrected chi connectivity index (χ2v) is 3.80. The number of hydrogen-bond donors (Lipinski definition) is 2. The third-order valence-electron chi connectivity index (χ3n) is 2.38. The van der Waals surface area contributed by atoms with Gasteiger partial charge in [-0.15, -0.1) is 0 Å². The number of rotatable bonds is 4. The zero-order valence-corrected chi connectivity index (χ0v) is 10.3. The molecular formula is C11H10FN5O3. The van der Waals surface area contributed by atoms with Crippen LogP contribution in [0.25, 0.3) is 0 Å². The van der Waals surface area contributed by atoms with Crippen LogP contribution < -0.4 is 16.0 Å². The molecule has 0 saturated heterocycles. The van der Waals surface area contributed by atoms with Crippen LogP contribution in [0.3, 0.4) is 0 Å². The maximum atomic E-state index is 13.0. The van der Waals surface area contributed by atoms with Crippen molar-refractivity contribution < 1.29 is 14.1 Å². The summed E-state index contributed by atoms with van der Waals surface area (Å²) in [4.78, 5) is 17.9. The molecule has 2 rings (SSSR count). The first-order valence-corrected chi connectivity index (χ1v) is 5.43. The lowest BCUT2D eigenvalue weighted by atomic mass is 10.3. The molecule has 0 aliphatic carbocycles. The largest absolute Gasteiger partial charge is 0.431 e. The Balaban J connectivity index is 2.42. The van der Waals surface area contributed by atoms with Gasteiger partial charge in [0, 0.05) is 11.8 Å². The minimum absolute atomic E-state index is 0.0858. The third-order valence-corrected chi connectivity index (χ3v) is 2.38. The molecule has 20 heavy (non-hydrogen) atoms. The molecule has 2 aromatic rings. The quantitative estimate of drug-likeness (QED) is 0.498. The van der Waals surface area contributed by atoms with Gasteiger partial charge in [0.2, 0.25) is 17.6 Å². The van der Waals surface area contributed by atoms with Gasteiger partial charge >= 0.3 is 5.69 Å². The van der Waals surface area contributed by atoms with E-state index in [0.29, 0.717) is 5.56 Å². The number of aryl methyl sites for hydroxylation is 1. The normalized spacial score (nSPS) is 10.2. The Labute approximate surface area is 112 Å². The van der Waals surface area contributed by atoms with Gasteiger partial charge in [0.1, 0.15) is 5.82 Å². The van der Waals surface area contributed by atoms with Gasteiger partial charge in [-0.25, -0.2) is 15.2 Å². The summed E-state index contributed by atoms with van der Waals surface area (Å²) in [5.74, 6) is 4.50. The SMILES string of the molecule is Cc1cnc(NN)nc1Oc1ccc(F)cc1[N+](=O)[O-]. The number of hydrazine groups is 1. The highest BCUT2D eigenvalue weighted by Crippen LogP contribution is 2.32. The summed E-state index contributed by atoms with van der Waals surface area (Å²) in [6.45, 7) is 1.66. The number of nitrogens with one attached hydrogen (secondary N) is 1. The molecule has 1 heterocycles. The van der Waals surface area contributed by atoms with Gasteiger partial charge in [0.25, 0.3) is 0 Å². The van der Waals surface area contributed by atoms with E-state index in [1.807, 2.05) is 0 Å². The Kier molecular flexibility index (Phi) is 3.71. The van der Waals surface area contributed by atoms with Crippen molar-refractivity contribution in [1.82, 2.24) is 9.97 Å². The number of nitro groups is 1. The number of benzene rings is 1. The average Bonchev–Trinajstić information content (AvgIpc) is 2.42. The lowest BCUT2D eigenvalue weighted by Crippen LogP contribution is -2.11. The van der Waals surface area contributed by atoms with Gasteiger partial charge in [0.05, 0.1) is 11.0 Å². The van der Waals surface area contributed by atoms with E-state index in [1.165, 1.54) is 6.20 Å². The van der Waals surface area contributed by atoms with Crippen LogP contribution in [0, 0.1) is 22.9 Å². The lowest BCUT2D eigenvalue weighted by molar-refractivity contribution is -0.385.